The maximum absolute atomic E-state index is 13.0. The second-order valence-electron chi connectivity index (χ2n) is 9.94. The van der Waals surface area contributed by atoms with Gasteiger partial charge in [0.25, 0.3) is 5.91 Å². The molecule has 1 aliphatic carbocycles. The SMILES string of the molecule is COc1ccc(C(=O)N[C@@H]2CC[C@@]3(c4ccc(OC)c(OC)c4)CN(C)C[C@H]3C2)cc1OC.O=C(O)C(F)(F)F. The first-order chi connectivity index (χ1) is 18.9. The van der Waals surface area contributed by atoms with Gasteiger partial charge in [-0.2, -0.15) is 13.2 Å². The Morgan fingerprint density at radius 1 is 0.950 bits per heavy atom. The second kappa shape index (κ2) is 12.7. The number of likely N-dealkylation sites (N-methyl/N-ethyl adjacent to an activating group) is 1. The predicted molar refractivity (Wildman–Crippen MR) is 141 cm³/mol. The smallest absolute Gasteiger partial charge is 0.490 e. The van der Waals surface area contributed by atoms with E-state index in [1.165, 1.54) is 5.56 Å². The van der Waals surface area contributed by atoms with Crippen LogP contribution >= 0.6 is 0 Å². The molecule has 1 heterocycles. The molecule has 4 rings (SSSR count). The van der Waals surface area contributed by atoms with Crippen LogP contribution < -0.4 is 24.3 Å². The van der Waals surface area contributed by atoms with E-state index >= 15 is 0 Å². The summed E-state index contributed by atoms with van der Waals surface area (Å²) < 4.78 is 53.4. The first kappa shape index (κ1) is 30.9. The van der Waals surface area contributed by atoms with Crippen LogP contribution in [0, 0.1) is 5.92 Å². The number of carbonyl (C=O) groups excluding carboxylic acids is 1. The summed E-state index contributed by atoms with van der Waals surface area (Å²) >= 11 is 0. The highest BCUT2D eigenvalue weighted by Crippen LogP contribution is 2.49. The minimum atomic E-state index is -5.08. The molecule has 2 aliphatic rings. The van der Waals surface area contributed by atoms with Crippen LogP contribution in [0.2, 0.25) is 0 Å². The number of amides is 1. The van der Waals surface area contributed by atoms with Gasteiger partial charge in [0.1, 0.15) is 0 Å². The number of aliphatic carboxylic acids is 1. The Kier molecular flexibility index (Phi) is 9.78. The number of benzene rings is 2. The Balaban J connectivity index is 0.000000559. The number of carboxylic acids is 1. The lowest BCUT2D eigenvalue weighted by Crippen LogP contribution is -2.47. The van der Waals surface area contributed by atoms with E-state index in [0.717, 1.165) is 43.9 Å². The van der Waals surface area contributed by atoms with Gasteiger partial charge in [0.15, 0.2) is 23.0 Å². The summed E-state index contributed by atoms with van der Waals surface area (Å²) in [5, 5.41) is 10.4. The van der Waals surface area contributed by atoms with Crippen molar-refractivity contribution in [1.82, 2.24) is 10.2 Å². The number of nitrogens with one attached hydrogen (secondary N) is 1. The standard InChI is InChI=1S/C26H34N2O5.C2HF3O2/c1-28-15-19-13-20(27-25(29)17-6-8-21(30-2)23(12-17)32-4)10-11-26(19,16-28)18-7-9-22(31-3)24(14-18)33-5;3-2(4,5)1(6)7/h6-9,12,14,19-20H,10-11,13,15-16H2,1-5H3,(H,27,29);(H,6,7)/t19-,20-,26+;/m1./s1. The highest BCUT2D eigenvalue weighted by atomic mass is 19.4. The Labute approximate surface area is 231 Å². The van der Waals surface area contributed by atoms with E-state index in [2.05, 4.69) is 29.4 Å². The summed E-state index contributed by atoms with van der Waals surface area (Å²) in [5.74, 6) is 0.292. The Bertz CT molecular complexity index is 1210. The molecule has 2 aromatic rings. The van der Waals surface area contributed by atoms with Crippen molar-refractivity contribution in [2.75, 3.05) is 48.6 Å². The maximum Gasteiger partial charge on any atom is 0.490 e. The number of carboxylic acid groups (broad SMARTS) is 1. The van der Waals surface area contributed by atoms with E-state index in [0.29, 0.717) is 23.0 Å². The maximum atomic E-state index is 13.0. The van der Waals surface area contributed by atoms with Gasteiger partial charge in [-0.1, -0.05) is 6.07 Å². The van der Waals surface area contributed by atoms with Crippen molar-refractivity contribution >= 4 is 11.9 Å². The average molecular weight is 569 g/mol. The molecule has 40 heavy (non-hydrogen) atoms. The number of alkyl halides is 3. The molecule has 2 aromatic carbocycles. The monoisotopic (exact) mass is 568 g/mol. The van der Waals surface area contributed by atoms with Crippen molar-refractivity contribution in [3.05, 3.63) is 47.5 Å². The molecule has 3 atom stereocenters. The fourth-order valence-corrected chi connectivity index (χ4v) is 5.70. The molecule has 12 heteroatoms. The summed E-state index contributed by atoms with van der Waals surface area (Å²) in [7, 11) is 8.68. The number of hydrogen-bond acceptors (Lipinski definition) is 7. The van der Waals surface area contributed by atoms with Crippen molar-refractivity contribution in [1.29, 1.82) is 0 Å². The number of likely N-dealkylation sites (tertiary alicyclic amines) is 1. The van der Waals surface area contributed by atoms with Gasteiger partial charge in [-0.3, -0.25) is 4.79 Å². The summed E-state index contributed by atoms with van der Waals surface area (Å²) in [6, 6.07) is 11.7. The van der Waals surface area contributed by atoms with E-state index < -0.39 is 12.1 Å². The minimum Gasteiger partial charge on any atom is -0.493 e. The number of nitrogens with zero attached hydrogens (tertiary/aromatic N) is 1. The molecule has 1 saturated carbocycles. The molecule has 220 valence electrons. The molecule has 2 fully saturated rings. The highest BCUT2D eigenvalue weighted by Gasteiger charge is 2.50. The highest BCUT2D eigenvalue weighted by molar-refractivity contribution is 5.95. The molecule has 0 spiro atoms. The molecule has 0 aromatic heterocycles. The average Bonchev–Trinajstić information content (AvgIpc) is 3.28. The number of fused-ring (bicyclic) bond motifs is 1. The zero-order valence-electron chi connectivity index (χ0n) is 23.1. The van der Waals surface area contributed by atoms with Crippen LogP contribution in [-0.4, -0.2) is 82.7 Å². The fraction of sp³-hybridized carbons (Fsp3) is 0.500. The van der Waals surface area contributed by atoms with Gasteiger partial charge in [-0.05, 0) is 68.1 Å². The Morgan fingerprint density at radius 3 is 2.05 bits per heavy atom. The van der Waals surface area contributed by atoms with E-state index in [9.17, 15) is 18.0 Å². The third-order valence-electron chi connectivity index (χ3n) is 7.56. The topological polar surface area (TPSA) is 107 Å². The zero-order chi connectivity index (χ0) is 29.7. The predicted octanol–water partition coefficient (Wildman–Crippen LogP) is 4.14. The van der Waals surface area contributed by atoms with Gasteiger partial charge >= 0.3 is 12.1 Å². The van der Waals surface area contributed by atoms with E-state index in [1.54, 1.807) is 46.6 Å². The number of methoxy groups -OCH3 is 4. The molecule has 1 amide bonds. The van der Waals surface area contributed by atoms with Crippen molar-refractivity contribution in [2.24, 2.45) is 5.92 Å². The third-order valence-corrected chi connectivity index (χ3v) is 7.56. The van der Waals surface area contributed by atoms with Crippen LogP contribution in [0.1, 0.15) is 35.2 Å². The van der Waals surface area contributed by atoms with Crippen molar-refractivity contribution < 1.29 is 46.8 Å². The van der Waals surface area contributed by atoms with Crippen molar-refractivity contribution in [3.8, 4) is 23.0 Å². The summed E-state index contributed by atoms with van der Waals surface area (Å²) in [6.07, 6.45) is -2.20. The third kappa shape index (κ3) is 6.72. The molecule has 0 unspecified atom stereocenters. The molecule has 0 bridgehead atoms. The summed E-state index contributed by atoms with van der Waals surface area (Å²) in [4.78, 5) is 24.3. The van der Waals surface area contributed by atoms with Crippen LogP contribution in [-0.2, 0) is 10.2 Å². The molecule has 1 saturated heterocycles. The van der Waals surface area contributed by atoms with Gasteiger partial charge in [-0.15, -0.1) is 0 Å². The number of carbonyl (C=O) groups is 2. The number of hydrogen-bond donors (Lipinski definition) is 2. The normalized spacial score (nSPS) is 22.3. The fourth-order valence-electron chi connectivity index (χ4n) is 5.70. The molecular weight excluding hydrogens is 533 g/mol. The first-order valence-corrected chi connectivity index (χ1v) is 12.6. The van der Waals surface area contributed by atoms with E-state index in [-0.39, 0.29) is 17.4 Å². The molecule has 1 aliphatic heterocycles. The van der Waals surface area contributed by atoms with Gasteiger partial charge in [0.05, 0.1) is 28.4 Å². The molecule has 0 radical (unpaired) electrons. The molecule has 9 nitrogen and oxygen atoms in total. The van der Waals surface area contributed by atoms with Crippen LogP contribution in [0.3, 0.4) is 0 Å². The van der Waals surface area contributed by atoms with Gasteiger partial charge < -0.3 is 34.3 Å². The number of rotatable bonds is 7. The van der Waals surface area contributed by atoms with Gasteiger partial charge in [0.2, 0.25) is 0 Å². The lowest BCUT2D eigenvalue weighted by molar-refractivity contribution is -0.192. The van der Waals surface area contributed by atoms with Crippen LogP contribution in [0.5, 0.6) is 23.0 Å². The largest absolute Gasteiger partial charge is 0.493 e. The minimum absolute atomic E-state index is 0.0544. The van der Waals surface area contributed by atoms with Crippen molar-refractivity contribution in [3.63, 3.8) is 0 Å². The van der Waals surface area contributed by atoms with Crippen LogP contribution in [0.25, 0.3) is 0 Å². The lowest BCUT2D eigenvalue weighted by atomic mass is 9.63. The number of halogens is 3. The molecule has 2 N–H and O–H groups in total. The first-order valence-electron chi connectivity index (χ1n) is 12.6. The summed E-state index contributed by atoms with van der Waals surface area (Å²) in [5.41, 5.74) is 1.92. The van der Waals surface area contributed by atoms with E-state index in [1.807, 2.05) is 6.07 Å². The Morgan fingerprint density at radius 2 is 1.50 bits per heavy atom. The lowest BCUT2D eigenvalue weighted by Gasteiger charge is -2.43. The second-order valence-corrected chi connectivity index (χ2v) is 9.94. The van der Waals surface area contributed by atoms with Crippen molar-refractivity contribution in [2.45, 2.75) is 36.9 Å². The van der Waals surface area contributed by atoms with Crippen LogP contribution in [0.4, 0.5) is 13.2 Å². The van der Waals surface area contributed by atoms with E-state index in [4.69, 9.17) is 28.8 Å². The van der Waals surface area contributed by atoms with Gasteiger partial charge in [0, 0.05) is 30.1 Å². The van der Waals surface area contributed by atoms with Crippen LogP contribution in [0.15, 0.2) is 36.4 Å². The Hall–Kier alpha value is -3.67. The van der Waals surface area contributed by atoms with Gasteiger partial charge in [-0.25, -0.2) is 4.79 Å². The summed E-state index contributed by atoms with van der Waals surface area (Å²) in [6.45, 7) is 2.01. The zero-order valence-corrected chi connectivity index (χ0v) is 23.1. The molecular formula is C28H35F3N2O7. The number of ether oxygens (including phenoxy) is 4. The quantitative estimate of drug-likeness (QED) is 0.514.